The second-order valence-electron chi connectivity index (χ2n) is 10.1. The van der Waals surface area contributed by atoms with Crippen molar-refractivity contribution in [2.24, 2.45) is 11.8 Å². The maximum atomic E-state index is 13.4. The molecule has 3 rings (SSSR count). The lowest BCUT2D eigenvalue weighted by Gasteiger charge is -2.26. The highest BCUT2D eigenvalue weighted by Crippen LogP contribution is 2.34. The molecular weight excluding hydrogens is 488 g/mol. The smallest absolute Gasteiger partial charge is 0.325 e. The first-order valence-electron chi connectivity index (χ1n) is 13.2. The van der Waals surface area contributed by atoms with Gasteiger partial charge in [0.05, 0.1) is 27.0 Å². The molecule has 10 nitrogen and oxygen atoms in total. The molecule has 208 valence electrons. The van der Waals surface area contributed by atoms with Crippen molar-refractivity contribution in [3.63, 3.8) is 0 Å². The highest BCUT2D eigenvalue weighted by Gasteiger charge is 2.28. The van der Waals surface area contributed by atoms with Crippen LogP contribution in [0.2, 0.25) is 0 Å². The van der Waals surface area contributed by atoms with Gasteiger partial charge in [-0.25, -0.2) is 0 Å². The van der Waals surface area contributed by atoms with Crippen LogP contribution in [-0.2, 0) is 20.9 Å². The Kier molecular flexibility index (Phi) is 10.6. The van der Waals surface area contributed by atoms with Crippen molar-refractivity contribution in [3.8, 4) is 22.8 Å². The van der Waals surface area contributed by atoms with Gasteiger partial charge in [0, 0.05) is 18.2 Å². The number of aromatic nitrogens is 2. The van der Waals surface area contributed by atoms with Crippen molar-refractivity contribution >= 4 is 17.8 Å². The largest absolute Gasteiger partial charge is 0.497 e. The summed E-state index contributed by atoms with van der Waals surface area (Å²) in [5.41, 5.74) is 1.70. The molecule has 1 aromatic heterocycles. The Labute approximate surface area is 224 Å². The lowest BCUT2D eigenvalue weighted by molar-refractivity contribution is -0.141. The zero-order valence-corrected chi connectivity index (χ0v) is 23.0. The highest BCUT2D eigenvalue weighted by molar-refractivity contribution is 5.97. The number of carbonyl (C=O) groups is 3. The number of amides is 2. The summed E-state index contributed by atoms with van der Waals surface area (Å²) in [5, 5.41) is 10.1. The molecule has 38 heavy (non-hydrogen) atoms. The number of esters is 1. The number of rotatable bonds is 12. The Morgan fingerprint density at radius 2 is 1.79 bits per heavy atom. The Bertz CT molecular complexity index is 1110. The van der Waals surface area contributed by atoms with Crippen LogP contribution in [0, 0.1) is 11.8 Å². The number of carbonyl (C=O) groups excluding carboxylic acids is 3. The summed E-state index contributed by atoms with van der Waals surface area (Å²) in [6.07, 6.45) is 5.95. The predicted octanol–water partition coefficient (Wildman–Crippen LogP) is 3.58. The first-order valence-corrected chi connectivity index (χ1v) is 13.2. The number of hydrogen-bond acceptors (Lipinski definition) is 7. The van der Waals surface area contributed by atoms with E-state index >= 15 is 0 Å². The van der Waals surface area contributed by atoms with Crippen molar-refractivity contribution in [2.45, 2.75) is 65.0 Å². The molecule has 0 saturated heterocycles. The van der Waals surface area contributed by atoms with Crippen LogP contribution in [0.5, 0.6) is 11.5 Å². The van der Waals surface area contributed by atoms with Crippen molar-refractivity contribution < 1.29 is 28.6 Å². The van der Waals surface area contributed by atoms with Crippen LogP contribution in [0.1, 0.15) is 62.9 Å². The van der Waals surface area contributed by atoms with Gasteiger partial charge in [0.25, 0.3) is 5.91 Å². The van der Waals surface area contributed by atoms with Crippen molar-refractivity contribution in [1.29, 1.82) is 0 Å². The van der Waals surface area contributed by atoms with Crippen molar-refractivity contribution in [1.82, 2.24) is 20.4 Å². The molecule has 2 N–H and O–H groups in total. The van der Waals surface area contributed by atoms with E-state index in [0.717, 1.165) is 36.9 Å². The van der Waals surface area contributed by atoms with Gasteiger partial charge in [-0.05, 0) is 36.5 Å². The molecule has 1 heterocycles. The van der Waals surface area contributed by atoms with Gasteiger partial charge < -0.3 is 24.8 Å². The zero-order valence-electron chi connectivity index (χ0n) is 23.0. The normalized spacial score (nSPS) is 14.6. The van der Waals surface area contributed by atoms with Gasteiger partial charge in [-0.1, -0.05) is 46.0 Å². The van der Waals surface area contributed by atoms with E-state index in [2.05, 4.69) is 34.3 Å². The van der Waals surface area contributed by atoms with E-state index in [1.54, 1.807) is 31.0 Å². The SMILES string of the molecule is COC(=O)CNC(=O)[C@H](CC1CCCCC1)NC(=O)c1cc(-c2ccc(OC)cc2OC)n(CC(C)C)n1. The molecule has 2 aromatic rings. The first-order chi connectivity index (χ1) is 18.2. The van der Waals surface area contributed by atoms with Gasteiger partial charge in [0.15, 0.2) is 5.69 Å². The number of benzene rings is 1. The number of nitrogens with one attached hydrogen (secondary N) is 2. The Morgan fingerprint density at radius 3 is 2.42 bits per heavy atom. The van der Waals surface area contributed by atoms with Crippen molar-refractivity contribution in [3.05, 3.63) is 30.0 Å². The molecular formula is C28H40N4O6. The number of ether oxygens (including phenoxy) is 3. The summed E-state index contributed by atoms with van der Waals surface area (Å²) in [7, 11) is 4.43. The van der Waals surface area contributed by atoms with E-state index in [1.807, 2.05) is 12.1 Å². The summed E-state index contributed by atoms with van der Waals surface area (Å²) in [4.78, 5) is 38.0. The quantitative estimate of drug-likeness (QED) is 0.404. The van der Waals surface area contributed by atoms with E-state index in [0.29, 0.717) is 30.4 Å². The molecule has 1 atom stereocenters. The minimum atomic E-state index is -0.788. The fourth-order valence-corrected chi connectivity index (χ4v) is 4.81. The Morgan fingerprint density at radius 1 is 1.05 bits per heavy atom. The van der Waals surface area contributed by atoms with E-state index in [-0.39, 0.29) is 18.2 Å². The maximum Gasteiger partial charge on any atom is 0.325 e. The van der Waals surface area contributed by atoms with Gasteiger partial charge in [-0.15, -0.1) is 0 Å². The molecule has 1 saturated carbocycles. The van der Waals surface area contributed by atoms with Crippen LogP contribution in [0.25, 0.3) is 11.3 Å². The lowest BCUT2D eigenvalue weighted by Crippen LogP contribution is -2.49. The van der Waals surface area contributed by atoms with Crippen LogP contribution in [0.3, 0.4) is 0 Å². The summed E-state index contributed by atoms with van der Waals surface area (Å²) >= 11 is 0. The minimum absolute atomic E-state index is 0.202. The predicted molar refractivity (Wildman–Crippen MR) is 143 cm³/mol. The average Bonchev–Trinajstić information content (AvgIpc) is 3.34. The third-order valence-electron chi connectivity index (χ3n) is 6.79. The van der Waals surface area contributed by atoms with Gasteiger partial charge in [0.2, 0.25) is 5.91 Å². The molecule has 1 aliphatic carbocycles. The Hall–Kier alpha value is -3.56. The standard InChI is InChI=1S/C28H40N4O6/c1-18(2)17-32-24(21-12-11-20(36-3)14-25(21)37-4)15-23(31-32)28(35)30-22(13-19-9-7-6-8-10-19)27(34)29-16-26(33)38-5/h11-12,14-15,18-19,22H,6-10,13,16-17H2,1-5H3,(H,29,34)(H,30,35)/t22-/m0/s1. The lowest BCUT2D eigenvalue weighted by atomic mass is 9.84. The minimum Gasteiger partial charge on any atom is -0.497 e. The van der Waals surface area contributed by atoms with E-state index < -0.39 is 23.8 Å². The molecule has 0 spiro atoms. The fraction of sp³-hybridized carbons (Fsp3) is 0.571. The van der Waals surface area contributed by atoms with Crippen LogP contribution in [-0.4, -0.2) is 61.5 Å². The topological polar surface area (TPSA) is 121 Å². The molecule has 0 aliphatic heterocycles. The van der Waals surface area contributed by atoms with Crippen molar-refractivity contribution in [2.75, 3.05) is 27.9 Å². The second kappa shape index (κ2) is 13.8. The van der Waals surface area contributed by atoms with Gasteiger partial charge >= 0.3 is 5.97 Å². The maximum absolute atomic E-state index is 13.4. The van der Waals surface area contributed by atoms with Crippen LogP contribution >= 0.6 is 0 Å². The third kappa shape index (κ3) is 7.72. The second-order valence-corrected chi connectivity index (χ2v) is 10.1. The summed E-state index contributed by atoms with van der Waals surface area (Å²) in [6, 6.07) is 6.42. The molecule has 0 bridgehead atoms. The number of methoxy groups -OCH3 is 3. The zero-order chi connectivity index (χ0) is 27.7. The van der Waals surface area contributed by atoms with E-state index in [1.165, 1.54) is 13.5 Å². The van der Waals surface area contributed by atoms with Crippen LogP contribution in [0.4, 0.5) is 0 Å². The van der Waals surface area contributed by atoms with Crippen LogP contribution < -0.4 is 20.1 Å². The number of hydrogen-bond donors (Lipinski definition) is 2. The van der Waals surface area contributed by atoms with E-state index in [9.17, 15) is 14.4 Å². The average molecular weight is 529 g/mol. The summed E-state index contributed by atoms with van der Waals surface area (Å²) in [6.45, 7) is 4.48. The first kappa shape index (κ1) is 29.0. The monoisotopic (exact) mass is 528 g/mol. The van der Waals surface area contributed by atoms with Gasteiger partial charge in [-0.2, -0.15) is 5.10 Å². The third-order valence-corrected chi connectivity index (χ3v) is 6.79. The van der Waals surface area contributed by atoms with Crippen LogP contribution in [0.15, 0.2) is 24.3 Å². The summed E-state index contributed by atoms with van der Waals surface area (Å²) < 4.78 is 17.3. The van der Waals surface area contributed by atoms with E-state index in [4.69, 9.17) is 9.47 Å². The highest BCUT2D eigenvalue weighted by atomic mass is 16.5. The molecule has 1 fully saturated rings. The fourth-order valence-electron chi connectivity index (χ4n) is 4.81. The Balaban J connectivity index is 1.88. The summed E-state index contributed by atoms with van der Waals surface area (Å²) in [5.74, 6) is 0.447. The molecule has 10 heteroatoms. The molecule has 1 aromatic carbocycles. The molecule has 0 unspecified atom stereocenters. The molecule has 2 amide bonds. The van der Waals surface area contributed by atoms with Gasteiger partial charge in [0.1, 0.15) is 24.1 Å². The molecule has 0 radical (unpaired) electrons. The molecule has 1 aliphatic rings. The van der Waals surface area contributed by atoms with Gasteiger partial charge in [-0.3, -0.25) is 19.1 Å². The number of nitrogens with zero attached hydrogens (tertiary/aromatic N) is 2.